The first-order valence-electron chi connectivity index (χ1n) is 6.24. The van der Waals surface area contributed by atoms with Gasteiger partial charge < -0.3 is 10.6 Å². The Balaban J connectivity index is 2.21. The van der Waals surface area contributed by atoms with Crippen molar-refractivity contribution in [2.45, 2.75) is 19.0 Å². The molecule has 1 aliphatic rings. The van der Waals surface area contributed by atoms with Crippen LogP contribution in [0, 0.1) is 12.7 Å². The minimum atomic E-state index is -0.459. The fourth-order valence-electron chi connectivity index (χ4n) is 1.97. The van der Waals surface area contributed by atoms with Crippen LogP contribution >= 0.6 is 23.4 Å². The summed E-state index contributed by atoms with van der Waals surface area (Å²) in [6.45, 7) is 2.23. The number of hydrazine groups is 1. The predicted octanol–water partition coefficient (Wildman–Crippen LogP) is 1.58. The number of carbonyl (C=O) groups is 1. The lowest BCUT2D eigenvalue weighted by atomic mass is 10.1. The summed E-state index contributed by atoms with van der Waals surface area (Å²) in [5.74, 6) is -0.617. The fraction of sp³-hybridized carbons (Fsp3) is 0.308. The van der Waals surface area contributed by atoms with Crippen molar-refractivity contribution in [1.82, 2.24) is 15.8 Å². The quantitative estimate of drug-likeness (QED) is 0.577. The van der Waals surface area contributed by atoms with Crippen molar-refractivity contribution >= 4 is 29.3 Å². The van der Waals surface area contributed by atoms with Crippen molar-refractivity contribution in [3.05, 3.63) is 45.2 Å². The van der Waals surface area contributed by atoms with Gasteiger partial charge in [0, 0.05) is 13.6 Å². The molecule has 0 saturated heterocycles. The third-order valence-electron chi connectivity index (χ3n) is 3.08. The molecule has 0 bridgehead atoms. The maximum absolute atomic E-state index is 13.1. The second-order valence-corrected chi connectivity index (χ2v) is 6.02. The van der Waals surface area contributed by atoms with E-state index >= 15 is 0 Å². The number of aryl methyl sites for hydroxylation is 1. The Kier molecular flexibility index (Phi) is 5.10. The lowest BCUT2D eigenvalue weighted by Crippen LogP contribution is -2.34. The van der Waals surface area contributed by atoms with Crippen LogP contribution in [0.3, 0.4) is 0 Å². The number of halogens is 2. The normalized spacial score (nSPS) is 18.3. The van der Waals surface area contributed by atoms with Crippen LogP contribution in [0.2, 0.25) is 0 Å². The minimum absolute atomic E-state index is 0.285. The van der Waals surface area contributed by atoms with Gasteiger partial charge in [-0.15, -0.1) is 0 Å². The summed E-state index contributed by atoms with van der Waals surface area (Å²) >= 11 is 7.43. The van der Waals surface area contributed by atoms with Crippen LogP contribution in [-0.2, 0) is 11.3 Å². The molecule has 0 fully saturated rings. The maximum atomic E-state index is 13.1. The lowest BCUT2D eigenvalue weighted by Gasteiger charge is -2.24. The van der Waals surface area contributed by atoms with Gasteiger partial charge in [0.1, 0.15) is 21.4 Å². The molecule has 1 atom stereocenters. The number of nitrogens with one attached hydrogen (secondary N) is 2. The number of rotatable bonds is 4. The second kappa shape index (κ2) is 6.65. The Morgan fingerprint density at radius 2 is 2.29 bits per heavy atom. The number of hydrogen-bond donors (Lipinski definition) is 3. The zero-order valence-electron chi connectivity index (χ0n) is 11.6. The van der Waals surface area contributed by atoms with Crippen molar-refractivity contribution in [1.29, 1.82) is 0 Å². The van der Waals surface area contributed by atoms with E-state index < -0.39 is 5.50 Å². The van der Waals surface area contributed by atoms with E-state index in [0.717, 1.165) is 11.1 Å². The topological polar surface area (TPSA) is 70.4 Å². The average Bonchev–Trinajstić information content (AvgIpc) is 2.70. The summed E-state index contributed by atoms with van der Waals surface area (Å²) < 4.78 is 13.1. The number of thioether (sulfide) groups is 1. The van der Waals surface area contributed by atoms with Crippen molar-refractivity contribution in [3.8, 4) is 0 Å². The van der Waals surface area contributed by atoms with Gasteiger partial charge >= 0.3 is 0 Å². The summed E-state index contributed by atoms with van der Waals surface area (Å²) in [5.41, 5.74) is 12.3. The van der Waals surface area contributed by atoms with Crippen LogP contribution in [0.5, 0.6) is 0 Å². The molecule has 0 radical (unpaired) electrons. The molecule has 1 amide bonds. The van der Waals surface area contributed by atoms with E-state index in [1.54, 1.807) is 18.0 Å². The van der Waals surface area contributed by atoms with E-state index in [1.165, 1.54) is 23.9 Å². The molecule has 114 valence electrons. The fourth-order valence-corrected chi connectivity index (χ4v) is 3.34. The van der Waals surface area contributed by atoms with Crippen LogP contribution in [0.1, 0.15) is 11.1 Å². The van der Waals surface area contributed by atoms with Gasteiger partial charge in [-0.3, -0.25) is 10.2 Å². The van der Waals surface area contributed by atoms with E-state index in [2.05, 4.69) is 10.9 Å². The van der Waals surface area contributed by atoms with Crippen molar-refractivity contribution in [2.75, 3.05) is 7.05 Å². The largest absolute Gasteiger partial charge is 0.332 e. The molecule has 1 aromatic rings. The zero-order valence-corrected chi connectivity index (χ0v) is 13.2. The second-order valence-electron chi connectivity index (χ2n) is 4.53. The summed E-state index contributed by atoms with van der Waals surface area (Å²) in [7, 11) is 1.59. The van der Waals surface area contributed by atoms with Crippen molar-refractivity contribution in [3.63, 3.8) is 0 Å². The molecule has 1 aromatic carbocycles. The first kappa shape index (κ1) is 16.1. The van der Waals surface area contributed by atoms with Crippen molar-refractivity contribution < 1.29 is 9.18 Å². The number of amides is 1. The average molecular weight is 331 g/mol. The Bertz CT molecular complexity index is 596. The van der Waals surface area contributed by atoms with Crippen LogP contribution < -0.4 is 16.6 Å². The number of carbonyl (C=O) groups excluding carboxylic acids is 1. The number of benzene rings is 1. The van der Waals surface area contributed by atoms with Gasteiger partial charge in [0.15, 0.2) is 0 Å². The van der Waals surface area contributed by atoms with Crippen LogP contribution in [-0.4, -0.2) is 23.4 Å². The number of hydrogen-bond acceptors (Lipinski definition) is 5. The Hall–Kier alpha value is -1.28. The molecule has 5 nitrogen and oxygen atoms in total. The third kappa shape index (κ3) is 3.49. The van der Waals surface area contributed by atoms with Gasteiger partial charge in [-0.25, -0.2) is 9.82 Å². The molecule has 1 heterocycles. The molecular weight excluding hydrogens is 315 g/mol. The van der Waals surface area contributed by atoms with Gasteiger partial charge in [0.05, 0.1) is 0 Å². The van der Waals surface area contributed by atoms with Gasteiger partial charge in [0.2, 0.25) is 0 Å². The summed E-state index contributed by atoms with van der Waals surface area (Å²) in [6, 6.07) is 4.54. The van der Waals surface area contributed by atoms with Gasteiger partial charge in [-0.05, 0) is 30.2 Å². The Morgan fingerprint density at radius 3 is 2.90 bits per heavy atom. The van der Waals surface area contributed by atoms with E-state index in [9.17, 15) is 9.18 Å². The summed E-state index contributed by atoms with van der Waals surface area (Å²) in [6.07, 6.45) is 0. The molecule has 0 aromatic heterocycles. The SMILES string of the molecule is CNNC(=O)C1=C(Cl)N(Cc2ccc(F)cc2C)C(N)S1. The summed E-state index contributed by atoms with van der Waals surface area (Å²) in [5, 5.41) is 0.295. The van der Waals surface area contributed by atoms with Crippen LogP contribution in [0.25, 0.3) is 0 Å². The summed E-state index contributed by atoms with van der Waals surface area (Å²) in [4.78, 5) is 13.9. The van der Waals surface area contributed by atoms with Gasteiger partial charge in [0.25, 0.3) is 5.91 Å². The minimum Gasteiger partial charge on any atom is -0.332 e. The molecule has 1 aliphatic heterocycles. The molecule has 0 aliphatic carbocycles. The molecule has 1 unspecified atom stereocenters. The highest BCUT2D eigenvalue weighted by Gasteiger charge is 2.33. The highest BCUT2D eigenvalue weighted by Crippen LogP contribution is 2.38. The third-order valence-corrected chi connectivity index (χ3v) is 4.70. The zero-order chi connectivity index (χ0) is 15.6. The van der Waals surface area contributed by atoms with Crippen LogP contribution in [0.15, 0.2) is 28.3 Å². The molecule has 21 heavy (non-hydrogen) atoms. The van der Waals surface area contributed by atoms with E-state index in [4.69, 9.17) is 17.3 Å². The van der Waals surface area contributed by atoms with E-state index in [1.807, 2.05) is 6.92 Å². The molecule has 4 N–H and O–H groups in total. The molecule has 8 heteroatoms. The molecule has 2 rings (SSSR count). The molecular formula is C13H16ClFN4OS. The smallest absolute Gasteiger partial charge is 0.274 e. The maximum Gasteiger partial charge on any atom is 0.274 e. The van der Waals surface area contributed by atoms with Crippen molar-refractivity contribution in [2.24, 2.45) is 5.73 Å². The van der Waals surface area contributed by atoms with E-state index in [0.29, 0.717) is 16.6 Å². The standard InChI is InChI=1S/C13H16ClFN4OS/c1-7-5-9(15)4-3-8(7)6-19-11(14)10(21-13(19)16)12(20)18-17-2/h3-5,13,17H,6,16H2,1-2H3,(H,18,20). The number of nitrogens with two attached hydrogens (primary N) is 1. The predicted molar refractivity (Wildman–Crippen MR) is 82.3 cm³/mol. The monoisotopic (exact) mass is 330 g/mol. The number of nitrogens with zero attached hydrogens (tertiary/aromatic N) is 1. The molecule has 0 saturated carbocycles. The first-order chi connectivity index (χ1) is 9.93. The van der Waals surface area contributed by atoms with Gasteiger partial charge in [-0.1, -0.05) is 29.4 Å². The highest BCUT2D eigenvalue weighted by molar-refractivity contribution is 8.04. The van der Waals surface area contributed by atoms with E-state index in [-0.39, 0.29) is 11.7 Å². The Morgan fingerprint density at radius 1 is 1.57 bits per heavy atom. The lowest BCUT2D eigenvalue weighted by molar-refractivity contribution is -0.117. The first-order valence-corrected chi connectivity index (χ1v) is 7.50. The van der Waals surface area contributed by atoms with Crippen LogP contribution in [0.4, 0.5) is 4.39 Å². The Labute approximate surface area is 131 Å². The van der Waals surface area contributed by atoms with Gasteiger partial charge in [-0.2, -0.15) is 0 Å². The molecule has 0 spiro atoms. The highest BCUT2D eigenvalue weighted by atomic mass is 35.5.